The number of aromatic nitrogens is 2. The zero-order valence-corrected chi connectivity index (χ0v) is 35.7. The molecule has 0 saturated heterocycles. The van der Waals surface area contributed by atoms with Crippen molar-refractivity contribution in [1.82, 2.24) is 9.97 Å². The number of carbonyl (C=O) groups excluding carboxylic acids is 2. The van der Waals surface area contributed by atoms with Gasteiger partial charge in [0.25, 0.3) is 0 Å². The van der Waals surface area contributed by atoms with E-state index in [1.807, 2.05) is 59.3 Å². The van der Waals surface area contributed by atoms with E-state index in [-0.39, 0.29) is 37.5 Å². The summed E-state index contributed by atoms with van der Waals surface area (Å²) in [5.74, 6) is -4.21. The van der Waals surface area contributed by atoms with Gasteiger partial charge in [0.2, 0.25) is 11.8 Å². The third kappa shape index (κ3) is 11.9. The maximum Gasteiger partial charge on any atom is 0.304 e. The van der Waals surface area contributed by atoms with Gasteiger partial charge in [0.15, 0.2) is 10.3 Å². The van der Waals surface area contributed by atoms with Gasteiger partial charge >= 0.3 is 11.9 Å². The fourth-order valence-electron chi connectivity index (χ4n) is 5.95. The predicted octanol–water partition coefficient (Wildman–Crippen LogP) is 10.8. The minimum Gasteiger partial charge on any atom is -0.481 e. The molecule has 0 aliphatic rings. The first-order valence-electron chi connectivity index (χ1n) is 17.6. The molecule has 58 heavy (non-hydrogen) atoms. The molecule has 0 radical (unpaired) electrons. The van der Waals surface area contributed by atoms with E-state index in [4.69, 9.17) is 46.4 Å². The van der Waals surface area contributed by atoms with E-state index in [1.165, 1.54) is 32.5 Å². The number of amides is 2. The SMILES string of the molecule is CN(C(=O)[C@@H](CC(=O)O)Cc1cccc(Cl)c1)c1nc(-c2ccccc2Cl)cs1.CN(C(=O)[C@@H](CC(=O)O)Cc1ccccc1Cl)c1nc(-c2ccccc2Cl)cs1. The number of hydrogen-bond donors (Lipinski definition) is 2. The lowest BCUT2D eigenvalue weighted by atomic mass is 9.95. The first kappa shape index (κ1) is 44.3. The molecule has 300 valence electrons. The average Bonchev–Trinajstić information content (AvgIpc) is 3.89. The molecule has 0 spiro atoms. The molecule has 2 amide bonds. The van der Waals surface area contributed by atoms with Crippen LogP contribution >= 0.6 is 69.1 Å². The lowest BCUT2D eigenvalue weighted by Gasteiger charge is -2.21. The van der Waals surface area contributed by atoms with Crippen LogP contribution in [0.15, 0.2) is 108 Å². The van der Waals surface area contributed by atoms with Gasteiger partial charge in [-0.25, -0.2) is 9.97 Å². The van der Waals surface area contributed by atoms with Crippen LogP contribution in [0, 0.1) is 11.8 Å². The Morgan fingerprint density at radius 1 is 0.603 bits per heavy atom. The Hall–Kier alpha value is -4.82. The number of carboxylic acid groups (broad SMARTS) is 2. The van der Waals surface area contributed by atoms with Gasteiger partial charge in [-0.1, -0.05) is 113 Å². The Balaban J connectivity index is 0.000000221. The fourth-order valence-corrected chi connectivity index (χ4v) is 8.43. The molecular weight excluding hydrogens is 862 g/mol. The summed E-state index contributed by atoms with van der Waals surface area (Å²) in [5.41, 5.74) is 4.42. The highest BCUT2D eigenvalue weighted by molar-refractivity contribution is 7.14. The summed E-state index contributed by atoms with van der Waals surface area (Å²) >= 11 is 27.3. The molecule has 0 saturated carbocycles. The molecular formula is C42H36Cl4N4O6S2. The molecule has 0 bridgehead atoms. The molecule has 6 rings (SSSR count). The minimum atomic E-state index is -1.04. The quantitative estimate of drug-likeness (QED) is 0.110. The second kappa shape index (κ2) is 20.7. The van der Waals surface area contributed by atoms with Crippen molar-refractivity contribution in [3.8, 4) is 22.5 Å². The Bertz CT molecular complexity index is 2410. The van der Waals surface area contributed by atoms with E-state index >= 15 is 0 Å². The van der Waals surface area contributed by atoms with Crippen molar-refractivity contribution in [2.75, 3.05) is 23.9 Å². The Morgan fingerprint density at radius 2 is 1.05 bits per heavy atom. The Kier molecular flexibility index (Phi) is 15.8. The summed E-state index contributed by atoms with van der Waals surface area (Å²) < 4.78 is 0. The smallest absolute Gasteiger partial charge is 0.304 e. The number of carbonyl (C=O) groups is 4. The average molecular weight is 899 g/mol. The second-order valence-electron chi connectivity index (χ2n) is 13.0. The molecule has 2 heterocycles. The van der Waals surface area contributed by atoms with E-state index in [0.29, 0.717) is 41.7 Å². The number of hydrogen-bond acceptors (Lipinski definition) is 8. The predicted molar refractivity (Wildman–Crippen MR) is 234 cm³/mol. The number of aliphatic carboxylic acids is 2. The van der Waals surface area contributed by atoms with Crippen molar-refractivity contribution in [2.24, 2.45) is 11.8 Å². The zero-order chi connectivity index (χ0) is 41.9. The summed E-state index contributed by atoms with van der Waals surface area (Å²) in [7, 11) is 3.20. The van der Waals surface area contributed by atoms with Gasteiger partial charge in [-0.2, -0.15) is 0 Å². The van der Waals surface area contributed by atoms with Gasteiger partial charge in [-0.15, -0.1) is 22.7 Å². The van der Waals surface area contributed by atoms with Gasteiger partial charge in [-0.05, 0) is 54.3 Å². The third-order valence-electron chi connectivity index (χ3n) is 8.85. The Morgan fingerprint density at radius 3 is 1.50 bits per heavy atom. The number of halogens is 4. The maximum atomic E-state index is 13.1. The van der Waals surface area contributed by atoms with E-state index in [0.717, 1.165) is 22.3 Å². The van der Waals surface area contributed by atoms with Crippen LogP contribution in [0.5, 0.6) is 0 Å². The molecule has 0 unspecified atom stereocenters. The molecule has 0 aliphatic carbocycles. The molecule has 0 aliphatic heterocycles. The molecule has 16 heteroatoms. The molecule has 2 aromatic heterocycles. The number of benzene rings is 4. The molecule has 0 fully saturated rings. The second-order valence-corrected chi connectivity index (χ2v) is 16.3. The van der Waals surface area contributed by atoms with Crippen molar-refractivity contribution >= 4 is 103 Å². The molecule has 6 aromatic rings. The van der Waals surface area contributed by atoms with Crippen molar-refractivity contribution < 1.29 is 29.4 Å². The monoisotopic (exact) mass is 896 g/mol. The third-order valence-corrected chi connectivity index (χ3v) is 12.0. The number of nitrogens with zero attached hydrogens (tertiary/aromatic N) is 4. The minimum absolute atomic E-state index is 0.234. The van der Waals surface area contributed by atoms with Gasteiger partial charge in [0, 0.05) is 56.1 Å². The van der Waals surface area contributed by atoms with E-state index in [9.17, 15) is 29.4 Å². The highest BCUT2D eigenvalue weighted by Crippen LogP contribution is 2.34. The van der Waals surface area contributed by atoms with Crippen LogP contribution in [0.4, 0.5) is 10.3 Å². The number of carboxylic acids is 2. The highest BCUT2D eigenvalue weighted by atomic mass is 35.5. The summed E-state index contributed by atoms with van der Waals surface area (Å²) in [4.78, 5) is 60.6. The lowest BCUT2D eigenvalue weighted by Crippen LogP contribution is -2.35. The van der Waals surface area contributed by atoms with E-state index in [2.05, 4.69) is 9.97 Å². The summed E-state index contributed by atoms with van der Waals surface area (Å²) in [6.07, 6.45) is -0.0632. The van der Waals surface area contributed by atoms with Gasteiger partial charge in [0.05, 0.1) is 36.1 Å². The van der Waals surface area contributed by atoms with Gasteiger partial charge in [0.1, 0.15) is 0 Å². The zero-order valence-electron chi connectivity index (χ0n) is 31.0. The highest BCUT2D eigenvalue weighted by Gasteiger charge is 2.29. The van der Waals surface area contributed by atoms with Crippen molar-refractivity contribution in [1.29, 1.82) is 0 Å². The van der Waals surface area contributed by atoms with Crippen LogP contribution in [0.2, 0.25) is 20.1 Å². The maximum absolute atomic E-state index is 13.1. The normalized spacial score (nSPS) is 11.8. The van der Waals surface area contributed by atoms with Crippen LogP contribution in [-0.2, 0) is 32.0 Å². The summed E-state index contributed by atoms with van der Waals surface area (Å²) in [5, 5.41) is 25.3. The standard InChI is InChI=1S/2C21H18Cl2N2O3S/c1-25(21-24-18(12-29-21)15-7-3-5-9-17(15)23)20(28)14(11-19(26)27)10-13-6-2-4-8-16(13)22;1-25(21-24-18(12-29-21)16-7-2-3-8-17(16)23)20(28)14(11-19(26)27)9-13-5-4-6-15(22)10-13/h2-9,12,14H,10-11H2,1H3,(H,26,27);2-8,10,12,14H,9,11H2,1H3,(H,26,27)/t2*14-/m11/s1. The number of thiazole rings is 2. The van der Waals surface area contributed by atoms with Crippen LogP contribution in [0.25, 0.3) is 22.5 Å². The topological polar surface area (TPSA) is 141 Å². The molecule has 10 nitrogen and oxygen atoms in total. The number of anilines is 2. The molecule has 2 atom stereocenters. The van der Waals surface area contributed by atoms with Crippen molar-refractivity contribution in [2.45, 2.75) is 25.7 Å². The van der Waals surface area contributed by atoms with Crippen molar-refractivity contribution in [3.63, 3.8) is 0 Å². The van der Waals surface area contributed by atoms with E-state index in [1.54, 1.807) is 62.6 Å². The van der Waals surface area contributed by atoms with Crippen molar-refractivity contribution in [3.05, 3.63) is 139 Å². The Labute approximate surface area is 363 Å². The van der Waals surface area contributed by atoms with Crippen LogP contribution in [0.1, 0.15) is 24.0 Å². The van der Waals surface area contributed by atoms with E-state index < -0.39 is 23.8 Å². The first-order chi connectivity index (χ1) is 27.7. The summed E-state index contributed by atoms with van der Waals surface area (Å²) in [6, 6.07) is 28.8. The summed E-state index contributed by atoms with van der Waals surface area (Å²) in [6.45, 7) is 0. The van der Waals surface area contributed by atoms with Crippen LogP contribution in [0.3, 0.4) is 0 Å². The largest absolute Gasteiger partial charge is 0.481 e. The van der Waals surface area contributed by atoms with Gasteiger partial charge in [-0.3, -0.25) is 29.0 Å². The molecule has 2 N–H and O–H groups in total. The lowest BCUT2D eigenvalue weighted by molar-refractivity contribution is -0.141. The fraction of sp³-hybridized carbons (Fsp3) is 0.190. The molecule has 4 aromatic carbocycles. The van der Waals surface area contributed by atoms with Crippen LogP contribution < -0.4 is 9.80 Å². The van der Waals surface area contributed by atoms with Gasteiger partial charge < -0.3 is 10.2 Å². The van der Waals surface area contributed by atoms with Crippen LogP contribution in [-0.4, -0.2) is 58.0 Å². The number of rotatable bonds is 14. The first-order valence-corrected chi connectivity index (χ1v) is 20.9.